The van der Waals surface area contributed by atoms with Crippen molar-refractivity contribution in [1.82, 2.24) is 0 Å². The van der Waals surface area contributed by atoms with Crippen LogP contribution in [0.25, 0.3) is 10.8 Å². The van der Waals surface area contributed by atoms with E-state index in [1.165, 1.54) is 0 Å². The van der Waals surface area contributed by atoms with Gasteiger partial charge in [-0.05, 0) is 16.8 Å². The van der Waals surface area contributed by atoms with Crippen LogP contribution in [-0.2, 0) is 11.2 Å². The fraction of sp³-hybridized carbons (Fsp3) is 0.154. The highest BCUT2D eigenvalue weighted by molar-refractivity contribution is 5.88. The largest absolute Gasteiger partial charge is 0.508 e. The van der Waals surface area contributed by atoms with Crippen molar-refractivity contribution in [3.63, 3.8) is 0 Å². The van der Waals surface area contributed by atoms with Crippen LogP contribution in [0.4, 0.5) is 0 Å². The van der Waals surface area contributed by atoms with Crippen LogP contribution in [0.2, 0.25) is 0 Å². The summed E-state index contributed by atoms with van der Waals surface area (Å²) in [5.74, 6) is -0.988. The van der Waals surface area contributed by atoms with E-state index in [-0.39, 0.29) is 12.2 Å². The monoisotopic (exact) mass is 231 g/mol. The predicted molar refractivity (Wildman–Crippen MR) is 64.9 cm³/mol. The van der Waals surface area contributed by atoms with Crippen molar-refractivity contribution in [2.75, 3.05) is 0 Å². The average molecular weight is 231 g/mol. The summed E-state index contributed by atoms with van der Waals surface area (Å²) in [5, 5.41) is 20.4. The number of nitrogens with two attached hydrogens (primary N) is 1. The molecule has 0 amide bonds. The molecule has 0 aromatic heterocycles. The number of aromatic hydroxyl groups is 1. The van der Waals surface area contributed by atoms with Gasteiger partial charge in [0.25, 0.3) is 0 Å². The normalized spacial score (nSPS) is 12.5. The first-order chi connectivity index (χ1) is 8.09. The number of benzene rings is 2. The van der Waals surface area contributed by atoms with Crippen molar-refractivity contribution < 1.29 is 15.0 Å². The van der Waals surface area contributed by atoms with Crippen LogP contribution < -0.4 is 5.73 Å². The molecule has 0 aliphatic heterocycles. The molecule has 0 heterocycles. The van der Waals surface area contributed by atoms with E-state index in [1.54, 1.807) is 12.1 Å². The highest BCUT2D eigenvalue weighted by Gasteiger charge is 2.16. The molecule has 4 heteroatoms. The third-order valence-electron chi connectivity index (χ3n) is 2.76. The number of phenols is 1. The second-order valence-corrected chi connectivity index (χ2v) is 3.93. The van der Waals surface area contributed by atoms with Gasteiger partial charge in [0, 0.05) is 12.0 Å². The molecule has 4 nitrogen and oxygen atoms in total. The summed E-state index contributed by atoms with van der Waals surface area (Å²) in [7, 11) is 0. The molecule has 0 fully saturated rings. The number of aliphatic carboxylic acids is 1. The van der Waals surface area contributed by atoms with Gasteiger partial charge in [0.1, 0.15) is 11.8 Å². The van der Waals surface area contributed by atoms with Crippen molar-refractivity contribution in [1.29, 1.82) is 0 Å². The van der Waals surface area contributed by atoms with Crippen LogP contribution in [0.5, 0.6) is 5.75 Å². The number of carbonyl (C=O) groups is 1. The van der Waals surface area contributed by atoms with E-state index < -0.39 is 12.0 Å². The summed E-state index contributed by atoms with van der Waals surface area (Å²) < 4.78 is 0. The molecule has 2 aromatic rings. The van der Waals surface area contributed by atoms with E-state index in [2.05, 4.69) is 0 Å². The van der Waals surface area contributed by atoms with Crippen LogP contribution in [0.1, 0.15) is 5.56 Å². The van der Waals surface area contributed by atoms with E-state index >= 15 is 0 Å². The molecule has 0 aliphatic carbocycles. The first-order valence-corrected chi connectivity index (χ1v) is 5.27. The number of phenolic OH excluding ortho intramolecular Hbond substituents is 1. The number of carboxylic acids is 1. The van der Waals surface area contributed by atoms with Crippen molar-refractivity contribution in [2.24, 2.45) is 5.73 Å². The van der Waals surface area contributed by atoms with Crippen molar-refractivity contribution in [2.45, 2.75) is 12.5 Å². The number of carboxylic acid groups (broad SMARTS) is 1. The summed E-state index contributed by atoms with van der Waals surface area (Å²) in [6.45, 7) is 0. The molecule has 4 N–H and O–H groups in total. The second-order valence-electron chi connectivity index (χ2n) is 3.93. The molecule has 17 heavy (non-hydrogen) atoms. The minimum absolute atomic E-state index is 0.0837. The highest BCUT2D eigenvalue weighted by atomic mass is 16.4. The fourth-order valence-corrected chi connectivity index (χ4v) is 1.85. The van der Waals surface area contributed by atoms with Gasteiger partial charge in [0.15, 0.2) is 0 Å². The molecule has 0 unspecified atom stereocenters. The maximum atomic E-state index is 10.7. The topological polar surface area (TPSA) is 83.5 Å². The molecule has 2 rings (SSSR count). The lowest BCUT2D eigenvalue weighted by molar-refractivity contribution is -0.138. The highest BCUT2D eigenvalue weighted by Crippen LogP contribution is 2.27. The zero-order chi connectivity index (χ0) is 12.4. The van der Waals surface area contributed by atoms with Gasteiger partial charge in [-0.15, -0.1) is 0 Å². The van der Waals surface area contributed by atoms with E-state index in [4.69, 9.17) is 10.8 Å². The molecule has 88 valence electrons. The van der Waals surface area contributed by atoms with Gasteiger partial charge in [-0.2, -0.15) is 0 Å². The number of rotatable bonds is 3. The number of hydrogen-bond donors (Lipinski definition) is 3. The van der Waals surface area contributed by atoms with E-state index in [0.717, 1.165) is 10.8 Å². The van der Waals surface area contributed by atoms with Crippen LogP contribution in [-0.4, -0.2) is 22.2 Å². The molecule has 0 bridgehead atoms. The minimum atomic E-state index is -1.07. The van der Waals surface area contributed by atoms with Gasteiger partial charge < -0.3 is 15.9 Å². The van der Waals surface area contributed by atoms with Gasteiger partial charge in [-0.1, -0.05) is 30.3 Å². The molecule has 0 aliphatic rings. The summed E-state index contributed by atoms with van der Waals surface area (Å²) in [4.78, 5) is 10.7. The van der Waals surface area contributed by atoms with Crippen molar-refractivity contribution in [3.05, 3.63) is 42.0 Å². The Morgan fingerprint density at radius 1 is 1.24 bits per heavy atom. The lowest BCUT2D eigenvalue weighted by Gasteiger charge is -2.11. The zero-order valence-corrected chi connectivity index (χ0v) is 9.13. The Hall–Kier alpha value is -2.07. The molecular weight excluding hydrogens is 218 g/mol. The SMILES string of the molecule is N[C@@H](Cc1c(O)ccc2ccccc12)C(=O)O. The van der Waals surface area contributed by atoms with Crippen LogP contribution >= 0.6 is 0 Å². The molecule has 0 saturated heterocycles. The molecular formula is C13H13NO3. The fourth-order valence-electron chi connectivity index (χ4n) is 1.85. The van der Waals surface area contributed by atoms with E-state index in [9.17, 15) is 9.90 Å². The van der Waals surface area contributed by atoms with Crippen molar-refractivity contribution in [3.8, 4) is 5.75 Å². The first kappa shape index (κ1) is 11.4. The predicted octanol–water partition coefficient (Wildman–Crippen LogP) is 1.50. The number of fused-ring (bicyclic) bond motifs is 1. The molecule has 0 saturated carbocycles. The number of hydrogen-bond acceptors (Lipinski definition) is 3. The molecule has 0 spiro atoms. The lowest BCUT2D eigenvalue weighted by atomic mass is 9.98. The lowest BCUT2D eigenvalue weighted by Crippen LogP contribution is -2.32. The minimum Gasteiger partial charge on any atom is -0.508 e. The second kappa shape index (κ2) is 4.43. The summed E-state index contributed by atoms with van der Waals surface area (Å²) in [6, 6.07) is 9.83. The third kappa shape index (κ3) is 2.21. The average Bonchev–Trinajstić information content (AvgIpc) is 2.32. The Balaban J connectivity index is 2.51. The summed E-state index contributed by atoms with van der Waals surface area (Å²) in [6.07, 6.45) is 0.114. The molecule has 2 aromatic carbocycles. The first-order valence-electron chi connectivity index (χ1n) is 5.27. The Morgan fingerprint density at radius 2 is 1.94 bits per heavy atom. The molecule has 0 radical (unpaired) electrons. The quantitative estimate of drug-likeness (QED) is 0.747. The Morgan fingerprint density at radius 3 is 2.65 bits per heavy atom. The van der Waals surface area contributed by atoms with Gasteiger partial charge >= 0.3 is 5.97 Å². The molecule has 1 atom stereocenters. The summed E-state index contributed by atoms with van der Waals surface area (Å²) in [5.41, 5.74) is 6.08. The van der Waals surface area contributed by atoms with Crippen molar-refractivity contribution >= 4 is 16.7 Å². The van der Waals surface area contributed by atoms with Crippen LogP contribution in [0, 0.1) is 0 Å². The maximum absolute atomic E-state index is 10.7. The van der Waals surface area contributed by atoms with E-state index in [1.807, 2.05) is 24.3 Å². The van der Waals surface area contributed by atoms with Crippen LogP contribution in [0.15, 0.2) is 36.4 Å². The Kier molecular flexibility index (Phi) is 2.97. The smallest absolute Gasteiger partial charge is 0.320 e. The van der Waals surface area contributed by atoms with Gasteiger partial charge in [0.2, 0.25) is 0 Å². The Labute approximate surface area is 98.3 Å². The van der Waals surface area contributed by atoms with Gasteiger partial charge in [-0.25, -0.2) is 0 Å². The van der Waals surface area contributed by atoms with Gasteiger partial charge in [-0.3, -0.25) is 4.79 Å². The zero-order valence-electron chi connectivity index (χ0n) is 9.13. The summed E-state index contributed by atoms with van der Waals surface area (Å²) >= 11 is 0. The third-order valence-corrected chi connectivity index (χ3v) is 2.76. The van der Waals surface area contributed by atoms with Gasteiger partial charge in [0.05, 0.1) is 0 Å². The van der Waals surface area contributed by atoms with E-state index in [0.29, 0.717) is 5.56 Å². The van der Waals surface area contributed by atoms with Crippen LogP contribution in [0.3, 0.4) is 0 Å². The Bertz CT molecular complexity index is 566. The maximum Gasteiger partial charge on any atom is 0.320 e. The standard InChI is InChI=1S/C13H13NO3/c14-11(13(16)17)7-10-9-4-2-1-3-8(9)5-6-12(10)15/h1-6,11,15H,7,14H2,(H,16,17)/t11-/m0/s1.